The fraction of sp³-hybridized carbons (Fsp3) is 0.367. The van der Waals surface area contributed by atoms with Crippen molar-refractivity contribution in [3.63, 3.8) is 0 Å². The average Bonchev–Trinajstić information content (AvgIpc) is 2.86. The largest absolute Gasteiger partial charge is 0.494 e. The SMILES string of the molecule is C/C=C\C(=C/C)CCOc1cc(OCC)ccc1C(=O)COc1c(CO)ccc2c1C=CC(C)(C)O2. The van der Waals surface area contributed by atoms with Crippen LogP contribution in [0.25, 0.3) is 6.08 Å². The molecule has 2 aromatic carbocycles. The van der Waals surface area contributed by atoms with E-state index in [9.17, 15) is 9.90 Å². The van der Waals surface area contributed by atoms with Gasteiger partial charge in [-0.3, -0.25) is 4.79 Å². The maximum absolute atomic E-state index is 13.3. The van der Waals surface area contributed by atoms with Gasteiger partial charge in [0, 0.05) is 18.1 Å². The normalized spacial score (nSPS) is 14.3. The molecule has 192 valence electrons. The molecule has 0 saturated carbocycles. The monoisotopic (exact) mass is 492 g/mol. The highest BCUT2D eigenvalue weighted by Crippen LogP contribution is 2.39. The minimum Gasteiger partial charge on any atom is -0.494 e. The van der Waals surface area contributed by atoms with E-state index < -0.39 is 5.60 Å². The van der Waals surface area contributed by atoms with Crippen LogP contribution in [0.5, 0.6) is 23.0 Å². The smallest absolute Gasteiger partial charge is 0.203 e. The van der Waals surface area contributed by atoms with E-state index in [1.807, 2.05) is 71.1 Å². The lowest BCUT2D eigenvalue weighted by Gasteiger charge is -2.29. The number of benzene rings is 2. The number of rotatable bonds is 12. The molecule has 0 unspecified atom stereocenters. The van der Waals surface area contributed by atoms with Gasteiger partial charge >= 0.3 is 0 Å². The Morgan fingerprint density at radius 3 is 2.61 bits per heavy atom. The van der Waals surface area contributed by atoms with Crippen molar-refractivity contribution in [3.05, 3.63) is 76.9 Å². The van der Waals surface area contributed by atoms with Crippen LogP contribution in [-0.2, 0) is 6.61 Å². The molecule has 2 aromatic rings. The third-order valence-corrected chi connectivity index (χ3v) is 5.74. The van der Waals surface area contributed by atoms with E-state index in [-0.39, 0.29) is 19.0 Å². The van der Waals surface area contributed by atoms with Crippen LogP contribution in [0.15, 0.2) is 60.2 Å². The topological polar surface area (TPSA) is 74.2 Å². The second-order valence-electron chi connectivity index (χ2n) is 8.93. The summed E-state index contributed by atoms with van der Waals surface area (Å²) in [6.45, 7) is 10.3. The molecule has 0 radical (unpaired) electrons. The molecular formula is C30H36O6. The van der Waals surface area contributed by atoms with Crippen LogP contribution in [0.1, 0.15) is 62.5 Å². The van der Waals surface area contributed by atoms with Gasteiger partial charge in [-0.25, -0.2) is 0 Å². The molecule has 1 heterocycles. The summed E-state index contributed by atoms with van der Waals surface area (Å²) < 4.78 is 23.7. The van der Waals surface area contributed by atoms with Gasteiger partial charge in [0.15, 0.2) is 6.61 Å². The predicted molar refractivity (Wildman–Crippen MR) is 142 cm³/mol. The molecule has 36 heavy (non-hydrogen) atoms. The average molecular weight is 493 g/mol. The number of fused-ring (bicyclic) bond motifs is 1. The summed E-state index contributed by atoms with van der Waals surface area (Å²) in [5.41, 5.74) is 2.41. The number of ketones is 1. The van der Waals surface area contributed by atoms with Crippen molar-refractivity contribution in [1.29, 1.82) is 0 Å². The Morgan fingerprint density at radius 1 is 1.11 bits per heavy atom. The van der Waals surface area contributed by atoms with Crippen LogP contribution in [0.4, 0.5) is 0 Å². The summed E-state index contributed by atoms with van der Waals surface area (Å²) in [6.07, 6.45) is 10.6. The van der Waals surface area contributed by atoms with Crippen LogP contribution in [0.3, 0.4) is 0 Å². The van der Waals surface area contributed by atoms with Gasteiger partial charge in [-0.15, -0.1) is 0 Å². The molecule has 1 aliphatic heterocycles. The molecule has 0 spiro atoms. The van der Waals surface area contributed by atoms with Crippen molar-refractivity contribution in [2.45, 2.75) is 53.2 Å². The Balaban J connectivity index is 1.81. The Bertz CT molecular complexity index is 1160. The first kappa shape index (κ1) is 27.1. The zero-order chi connectivity index (χ0) is 26.1. The van der Waals surface area contributed by atoms with Crippen molar-refractivity contribution in [3.8, 4) is 23.0 Å². The van der Waals surface area contributed by atoms with Crippen molar-refractivity contribution in [2.24, 2.45) is 0 Å². The van der Waals surface area contributed by atoms with E-state index in [4.69, 9.17) is 18.9 Å². The van der Waals surface area contributed by atoms with E-state index in [1.165, 1.54) is 0 Å². The molecule has 0 amide bonds. The van der Waals surface area contributed by atoms with E-state index in [2.05, 4.69) is 0 Å². The highest BCUT2D eigenvalue weighted by atomic mass is 16.5. The van der Waals surface area contributed by atoms with Gasteiger partial charge in [0.2, 0.25) is 5.78 Å². The van der Waals surface area contributed by atoms with Gasteiger partial charge in [0.25, 0.3) is 0 Å². The minimum atomic E-state index is -0.449. The molecule has 0 aliphatic carbocycles. The zero-order valence-electron chi connectivity index (χ0n) is 21.8. The van der Waals surface area contributed by atoms with Crippen LogP contribution in [0, 0.1) is 0 Å². The molecule has 0 saturated heterocycles. The second-order valence-corrected chi connectivity index (χ2v) is 8.93. The van der Waals surface area contributed by atoms with Crippen LogP contribution in [-0.4, -0.2) is 36.3 Å². The van der Waals surface area contributed by atoms with Gasteiger partial charge in [0.05, 0.1) is 30.9 Å². The standard InChI is InChI=1S/C30H36O6/c1-6-9-21(7-2)15-17-34-28-18-23(33-8-3)11-12-24(28)26(32)20-35-29-22(19-31)10-13-27-25(29)14-16-30(4,5)36-27/h6-7,9-14,16,18,31H,8,15,17,19-20H2,1-5H3/b9-6-,21-7+. The first-order chi connectivity index (χ1) is 17.3. The molecule has 1 aliphatic rings. The number of carbonyl (C=O) groups is 1. The highest BCUT2D eigenvalue weighted by Gasteiger charge is 2.26. The molecule has 1 N–H and O–H groups in total. The number of allylic oxidation sites excluding steroid dienone is 3. The lowest BCUT2D eigenvalue weighted by atomic mass is 9.99. The molecule has 0 atom stereocenters. The molecule has 3 rings (SSSR count). The third kappa shape index (κ3) is 6.79. The number of hydrogen-bond donors (Lipinski definition) is 1. The van der Waals surface area contributed by atoms with Crippen molar-refractivity contribution in [1.82, 2.24) is 0 Å². The lowest BCUT2D eigenvalue weighted by molar-refractivity contribution is 0.0913. The van der Waals surface area contributed by atoms with Gasteiger partial charge in [-0.1, -0.05) is 18.2 Å². The van der Waals surface area contributed by atoms with Gasteiger partial charge in [0.1, 0.15) is 28.6 Å². The fourth-order valence-electron chi connectivity index (χ4n) is 3.91. The number of aliphatic hydroxyl groups excluding tert-OH is 1. The summed E-state index contributed by atoms with van der Waals surface area (Å²) in [6, 6.07) is 8.76. The predicted octanol–water partition coefficient (Wildman–Crippen LogP) is 6.31. The molecule has 6 heteroatoms. The minimum absolute atomic E-state index is 0.217. The molecular weight excluding hydrogens is 456 g/mol. The van der Waals surface area contributed by atoms with Crippen LogP contribution < -0.4 is 18.9 Å². The third-order valence-electron chi connectivity index (χ3n) is 5.74. The Kier molecular flexibility index (Phi) is 9.37. The summed E-state index contributed by atoms with van der Waals surface area (Å²) in [5.74, 6) is 1.93. The summed E-state index contributed by atoms with van der Waals surface area (Å²) >= 11 is 0. The van der Waals surface area contributed by atoms with E-state index in [0.29, 0.717) is 59.3 Å². The summed E-state index contributed by atoms with van der Waals surface area (Å²) in [7, 11) is 0. The van der Waals surface area contributed by atoms with Crippen molar-refractivity contribution < 1.29 is 28.8 Å². The number of aliphatic hydroxyl groups is 1. The van der Waals surface area contributed by atoms with Crippen molar-refractivity contribution in [2.75, 3.05) is 19.8 Å². The molecule has 6 nitrogen and oxygen atoms in total. The van der Waals surface area contributed by atoms with Crippen LogP contribution in [0.2, 0.25) is 0 Å². The van der Waals surface area contributed by atoms with E-state index >= 15 is 0 Å². The summed E-state index contributed by atoms with van der Waals surface area (Å²) in [4.78, 5) is 13.3. The number of hydrogen-bond acceptors (Lipinski definition) is 6. The molecule has 0 fully saturated rings. The Morgan fingerprint density at radius 2 is 1.92 bits per heavy atom. The second kappa shape index (κ2) is 12.5. The maximum atomic E-state index is 13.3. The first-order valence-corrected chi connectivity index (χ1v) is 12.3. The quantitative estimate of drug-likeness (QED) is 0.276. The first-order valence-electron chi connectivity index (χ1n) is 12.3. The summed E-state index contributed by atoms with van der Waals surface area (Å²) in [5, 5.41) is 9.86. The highest BCUT2D eigenvalue weighted by molar-refractivity contribution is 6.00. The van der Waals surface area contributed by atoms with Gasteiger partial charge in [-0.05, 0) is 76.6 Å². The Labute approximate surface area is 213 Å². The van der Waals surface area contributed by atoms with Gasteiger partial charge in [-0.2, -0.15) is 0 Å². The van der Waals surface area contributed by atoms with E-state index in [1.54, 1.807) is 24.3 Å². The number of ether oxygens (including phenoxy) is 4. The van der Waals surface area contributed by atoms with E-state index in [0.717, 1.165) is 5.57 Å². The lowest BCUT2D eigenvalue weighted by Crippen LogP contribution is -2.27. The van der Waals surface area contributed by atoms with Gasteiger partial charge < -0.3 is 24.1 Å². The van der Waals surface area contributed by atoms with Crippen molar-refractivity contribution >= 4 is 11.9 Å². The fourth-order valence-corrected chi connectivity index (χ4v) is 3.91. The maximum Gasteiger partial charge on any atom is 0.203 e. The Hall–Kier alpha value is -3.51. The molecule has 0 bridgehead atoms. The zero-order valence-corrected chi connectivity index (χ0v) is 21.8. The number of Topliss-reactive ketones (excluding diaryl/α,β-unsaturated/α-hetero) is 1. The number of carbonyl (C=O) groups excluding carboxylic acids is 1. The van der Waals surface area contributed by atoms with Crippen LogP contribution >= 0.6 is 0 Å². The molecule has 0 aromatic heterocycles.